The van der Waals surface area contributed by atoms with E-state index in [4.69, 9.17) is 9.84 Å². The van der Waals surface area contributed by atoms with Gasteiger partial charge in [-0.15, -0.1) is 0 Å². The van der Waals surface area contributed by atoms with Crippen LogP contribution < -0.4 is 0 Å². The molecule has 80 valence electrons. The van der Waals surface area contributed by atoms with Crippen LogP contribution in [0.25, 0.3) is 0 Å². The van der Waals surface area contributed by atoms with Gasteiger partial charge in [-0.3, -0.25) is 0 Å². The van der Waals surface area contributed by atoms with Crippen LogP contribution in [-0.4, -0.2) is 11.1 Å². The molecule has 0 aromatic heterocycles. The molecule has 1 N–H and O–H groups in total. The second kappa shape index (κ2) is 4.59. The van der Waals surface area contributed by atoms with Gasteiger partial charge in [-0.05, 0) is 24.6 Å². The van der Waals surface area contributed by atoms with E-state index in [0.29, 0.717) is 5.56 Å². The molecule has 15 heavy (non-hydrogen) atoms. The van der Waals surface area contributed by atoms with Crippen LogP contribution in [0.5, 0.6) is 5.75 Å². The second-order valence-corrected chi connectivity index (χ2v) is 3.14. The highest BCUT2D eigenvalue weighted by Crippen LogP contribution is 2.16. The molecular formula is C11H11FO3. The SMILES string of the molecule is C=C(C)C(=O)OCc1ccc(O)c(F)c1. The predicted molar refractivity (Wildman–Crippen MR) is 52.7 cm³/mol. The standard InChI is InChI=1S/C11H11FO3/c1-7(2)11(14)15-6-8-3-4-10(13)9(12)5-8/h3-5,13H,1,6H2,2H3. The average molecular weight is 210 g/mol. The lowest BCUT2D eigenvalue weighted by atomic mass is 10.2. The van der Waals surface area contributed by atoms with Crippen LogP contribution in [0.4, 0.5) is 4.39 Å². The van der Waals surface area contributed by atoms with E-state index >= 15 is 0 Å². The van der Waals surface area contributed by atoms with E-state index in [1.54, 1.807) is 0 Å². The topological polar surface area (TPSA) is 46.5 Å². The van der Waals surface area contributed by atoms with E-state index < -0.39 is 17.5 Å². The Morgan fingerprint density at radius 3 is 2.80 bits per heavy atom. The zero-order valence-corrected chi connectivity index (χ0v) is 8.29. The van der Waals surface area contributed by atoms with Crippen molar-refractivity contribution in [3.05, 3.63) is 41.7 Å². The van der Waals surface area contributed by atoms with Gasteiger partial charge in [0.15, 0.2) is 11.6 Å². The van der Waals surface area contributed by atoms with E-state index in [1.165, 1.54) is 19.1 Å². The summed E-state index contributed by atoms with van der Waals surface area (Å²) in [6.45, 7) is 4.90. The number of hydrogen-bond acceptors (Lipinski definition) is 3. The molecule has 0 atom stereocenters. The Balaban J connectivity index is 2.62. The summed E-state index contributed by atoms with van der Waals surface area (Å²) in [6.07, 6.45) is 0. The lowest BCUT2D eigenvalue weighted by Crippen LogP contribution is -2.04. The molecule has 0 aliphatic rings. The summed E-state index contributed by atoms with van der Waals surface area (Å²) >= 11 is 0. The Hall–Kier alpha value is -1.84. The van der Waals surface area contributed by atoms with Crippen molar-refractivity contribution in [1.82, 2.24) is 0 Å². The predicted octanol–water partition coefficient (Wildman–Crippen LogP) is 2.15. The first kappa shape index (κ1) is 11.2. The third-order valence-electron chi connectivity index (χ3n) is 1.73. The highest BCUT2D eigenvalue weighted by atomic mass is 19.1. The fraction of sp³-hybridized carbons (Fsp3) is 0.182. The van der Waals surface area contributed by atoms with Crippen molar-refractivity contribution in [3.8, 4) is 5.75 Å². The number of rotatable bonds is 3. The maximum Gasteiger partial charge on any atom is 0.333 e. The van der Waals surface area contributed by atoms with Gasteiger partial charge >= 0.3 is 5.97 Å². The molecule has 1 rings (SSSR count). The summed E-state index contributed by atoms with van der Waals surface area (Å²) in [5.41, 5.74) is 0.758. The summed E-state index contributed by atoms with van der Waals surface area (Å²) in [6, 6.07) is 3.80. The Kier molecular flexibility index (Phi) is 3.44. The molecule has 0 heterocycles. The second-order valence-electron chi connectivity index (χ2n) is 3.14. The third-order valence-corrected chi connectivity index (χ3v) is 1.73. The molecule has 0 aliphatic carbocycles. The molecule has 0 saturated heterocycles. The van der Waals surface area contributed by atoms with E-state index in [-0.39, 0.29) is 12.2 Å². The van der Waals surface area contributed by atoms with E-state index in [0.717, 1.165) is 6.07 Å². The van der Waals surface area contributed by atoms with Crippen molar-refractivity contribution in [3.63, 3.8) is 0 Å². The molecular weight excluding hydrogens is 199 g/mol. The zero-order chi connectivity index (χ0) is 11.4. The highest BCUT2D eigenvalue weighted by Gasteiger charge is 2.05. The number of ether oxygens (including phenoxy) is 1. The molecule has 0 amide bonds. The number of carbonyl (C=O) groups is 1. The Morgan fingerprint density at radius 1 is 1.60 bits per heavy atom. The first-order valence-electron chi connectivity index (χ1n) is 4.30. The quantitative estimate of drug-likeness (QED) is 0.614. The van der Waals surface area contributed by atoms with Crippen LogP contribution in [-0.2, 0) is 16.1 Å². The van der Waals surface area contributed by atoms with Gasteiger partial charge < -0.3 is 9.84 Å². The number of halogens is 1. The lowest BCUT2D eigenvalue weighted by molar-refractivity contribution is -0.140. The Morgan fingerprint density at radius 2 is 2.27 bits per heavy atom. The van der Waals surface area contributed by atoms with Crippen molar-refractivity contribution < 1.29 is 19.0 Å². The van der Waals surface area contributed by atoms with Gasteiger partial charge in [0.05, 0.1) is 0 Å². The van der Waals surface area contributed by atoms with Gasteiger partial charge in [0, 0.05) is 5.57 Å². The van der Waals surface area contributed by atoms with Crippen molar-refractivity contribution in [2.45, 2.75) is 13.5 Å². The van der Waals surface area contributed by atoms with Crippen LogP contribution in [0, 0.1) is 5.82 Å². The molecule has 0 saturated carbocycles. The summed E-state index contributed by atoms with van der Waals surface area (Å²) in [5.74, 6) is -1.69. The van der Waals surface area contributed by atoms with Gasteiger partial charge in [-0.1, -0.05) is 12.6 Å². The van der Waals surface area contributed by atoms with Crippen molar-refractivity contribution in [2.24, 2.45) is 0 Å². The zero-order valence-electron chi connectivity index (χ0n) is 8.29. The van der Waals surface area contributed by atoms with Gasteiger partial charge in [0.2, 0.25) is 0 Å². The molecule has 0 unspecified atom stereocenters. The minimum absolute atomic E-state index is 0.0388. The fourth-order valence-corrected chi connectivity index (χ4v) is 0.912. The van der Waals surface area contributed by atoms with Crippen molar-refractivity contribution in [1.29, 1.82) is 0 Å². The molecule has 0 bridgehead atoms. The maximum atomic E-state index is 12.9. The largest absolute Gasteiger partial charge is 0.505 e. The van der Waals surface area contributed by atoms with Crippen molar-refractivity contribution in [2.75, 3.05) is 0 Å². The van der Waals surface area contributed by atoms with Gasteiger partial charge in [0.1, 0.15) is 6.61 Å². The number of benzene rings is 1. The number of esters is 1. The molecule has 0 spiro atoms. The van der Waals surface area contributed by atoms with E-state index in [1.807, 2.05) is 0 Å². The number of hydrogen-bond donors (Lipinski definition) is 1. The molecule has 0 fully saturated rings. The minimum atomic E-state index is -0.737. The normalized spacial score (nSPS) is 9.73. The lowest BCUT2D eigenvalue weighted by Gasteiger charge is -2.04. The summed E-state index contributed by atoms with van der Waals surface area (Å²) < 4.78 is 17.7. The fourth-order valence-electron chi connectivity index (χ4n) is 0.912. The number of phenols is 1. The van der Waals surface area contributed by atoms with Gasteiger partial charge in [-0.2, -0.15) is 0 Å². The van der Waals surface area contributed by atoms with Crippen LogP contribution in [0.2, 0.25) is 0 Å². The van der Waals surface area contributed by atoms with E-state index in [2.05, 4.69) is 6.58 Å². The maximum absolute atomic E-state index is 12.9. The number of phenolic OH excluding ortho intramolecular Hbond substituents is 1. The minimum Gasteiger partial charge on any atom is -0.505 e. The van der Waals surface area contributed by atoms with Crippen LogP contribution >= 0.6 is 0 Å². The molecule has 0 radical (unpaired) electrons. The summed E-state index contributed by atoms with van der Waals surface area (Å²) in [5, 5.41) is 8.91. The molecule has 1 aromatic rings. The first-order chi connectivity index (χ1) is 7.00. The van der Waals surface area contributed by atoms with Crippen molar-refractivity contribution >= 4 is 5.97 Å². The van der Waals surface area contributed by atoms with Crippen LogP contribution in [0.15, 0.2) is 30.4 Å². The monoisotopic (exact) mass is 210 g/mol. The number of carbonyl (C=O) groups excluding carboxylic acids is 1. The molecule has 1 aromatic carbocycles. The molecule has 0 aliphatic heterocycles. The molecule has 4 heteroatoms. The van der Waals surface area contributed by atoms with Crippen LogP contribution in [0.3, 0.4) is 0 Å². The smallest absolute Gasteiger partial charge is 0.333 e. The van der Waals surface area contributed by atoms with Gasteiger partial charge in [-0.25, -0.2) is 9.18 Å². The van der Waals surface area contributed by atoms with Crippen LogP contribution in [0.1, 0.15) is 12.5 Å². The Labute approximate surface area is 86.8 Å². The first-order valence-corrected chi connectivity index (χ1v) is 4.30. The molecule has 3 nitrogen and oxygen atoms in total. The summed E-state index contributed by atoms with van der Waals surface area (Å²) in [4.78, 5) is 11.0. The Bertz CT molecular complexity index is 399. The average Bonchev–Trinajstić information content (AvgIpc) is 2.19. The number of aromatic hydroxyl groups is 1. The van der Waals surface area contributed by atoms with Gasteiger partial charge in [0.25, 0.3) is 0 Å². The third kappa shape index (κ3) is 3.09. The summed E-state index contributed by atoms with van der Waals surface area (Å²) in [7, 11) is 0. The van der Waals surface area contributed by atoms with E-state index in [9.17, 15) is 9.18 Å². The highest BCUT2D eigenvalue weighted by molar-refractivity contribution is 5.86.